The van der Waals surface area contributed by atoms with Crippen molar-refractivity contribution in [2.75, 3.05) is 7.11 Å². The summed E-state index contributed by atoms with van der Waals surface area (Å²) in [5.74, 6) is 0.952. The summed E-state index contributed by atoms with van der Waals surface area (Å²) in [7, 11) is 1.23. The molecule has 0 aliphatic heterocycles. The van der Waals surface area contributed by atoms with Crippen LogP contribution in [0.5, 0.6) is 5.75 Å². The van der Waals surface area contributed by atoms with Crippen LogP contribution in [0.25, 0.3) is 0 Å². The third kappa shape index (κ3) is 4.74. The van der Waals surface area contributed by atoms with Crippen LogP contribution < -0.4 is 9.92 Å². The fourth-order valence-electron chi connectivity index (χ4n) is 2.81. The smallest absolute Gasteiger partial charge is 0.118 e. The normalized spacial score (nSPS) is 11.2. The largest absolute Gasteiger partial charge is 0.497 e. The van der Waals surface area contributed by atoms with E-state index >= 15 is 0 Å². The monoisotopic (exact) mass is 311 g/mol. The molecule has 22 heavy (non-hydrogen) atoms. The van der Waals surface area contributed by atoms with Gasteiger partial charge in [-0.05, 0) is 36.6 Å². The molecule has 0 fully saturated rings. The molecule has 117 valence electrons. The maximum Gasteiger partial charge on any atom is 0.118 e. The van der Waals surface area contributed by atoms with Crippen molar-refractivity contribution in [1.29, 1.82) is 0 Å². The molecular formula is C20H27OSi. The van der Waals surface area contributed by atoms with Crippen molar-refractivity contribution >= 4 is 14.0 Å². The van der Waals surface area contributed by atoms with Crippen LogP contribution in [0.1, 0.15) is 31.4 Å². The summed E-state index contributed by atoms with van der Waals surface area (Å²) < 4.78 is 5.27. The van der Waals surface area contributed by atoms with E-state index in [0.717, 1.165) is 11.3 Å². The Kier molecular flexibility index (Phi) is 6.26. The van der Waals surface area contributed by atoms with Gasteiger partial charge in [0.25, 0.3) is 0 Å². The van der Waals surface area contributed by atoms with Gasteiger partial charge in [-0.15, -0.1) is 0 Å². The van der Waals surface area contributed by atoms with Gasteiger partial charge in [-0.25, -0.2) is 0 Å². The van der Waals surface area contributed by atoms with Crippen molar-refractivity contribution in [2.24, 2.45) is 0 Å². The first-order valence-corrected chi connectivity index (χ1v) is 9.94. The lowest BCUT2D eigenvalue weighted by molar-refractivity contribution is 0.415. The van der Waals surface area contributed by atoms with E-state index in [0.29, 0.717) is 0 Å². The van der Waals surface area contributed by atoms with Crippen LogP contribution in [0.15, 0.2) is 48.5 Å². The number of rotatable bonds is 7. The van der Waals surface area contributed by atoms with Crippen LogP contribution in [-0.2, 0) is 6.42 Å². The summed E-state index contributed by atoms with van der Waals surface area (Å²) in [5.41, 5.74) is 3.57. The zero-order valence-corrected chi connectivity index (χ0v) is 15.2. The maximum atomic E-state index is 5.27. The van der Waals surface area contributed by atoms with E-state index in [1.807, 2.05) is 0 Å². The fourth-order valence-corrected chi connectivity index (χ4v) is 5.49. The minimum Gasteiger partial charge on any atom is -0.497 e. The molecule has 0 bridgehead atoms. The minimum absolute atomic E-state index is 0.497. The predicted octanol–water partition coefficient (Wildman–Crippen LogP) is 4.75. The third-order valence-electron chi connectivity index (χ3n) is 4.19. The standard InChI is InChI=1S/C20H27OSi/c1-16(2)22(20-13-11-19(21-4)12-14-20)15-5-6-18-9-7-17(3)8-10-18/h7-14,16H,5-6,15H2,1-4H3. The molecule has 0 aromatic heterocycles. The summed E-state index contributed by atoms with van der Waals surface area (Å²) in [5, 5.41) is 1.53. The third-order valence-corrected chi connectivity index (χ3v) is 7.55. The Hall–Kier alpha value is -1.54. The highest BCUT2D eigenvalue weighted by Gasteiger charge is 2.18. The van der Waals surface area contributed by atoms with Gasteiger partial charge in [0.05, 0.1) is 15.9 Å². The Bertz CT molecular complexity index is 557. The number of hydrogen-bond donors (Lipinski definition) is 0. The highest BCUT2D eigenvalue weighted by Crippen LogP contribution is 2.18. The number of hydrogen-bond acceptors (Lipinski definition) is 1. The van der Waals surface area contributed by atoms with Crippen molar-refractivity contribution in [3.05, 3.63) is 59.7 Å². The van der Waals surface area contributed by atoms with Crippen molar-refractivity contribution in [3.8, 4) is 5.75 Å². The topological polar surface area (TPSA) is 9.23 Å². The Morgan fingerprint density at radius 2 is 1.59 bits per heavy atom. The van der Waals surface area contributed by atoms with Gasteiger partial charge in [0, 0.05) is 0 Å². The first-order chi connectivity index (χ1) is 10.6. The van der Waals surface area contributed by atoms with Gasteiger partial charge in [0.15, 0.2) is 0 Å². The van der Waals surface area contributed by atoms with Crippen molar-refractivity contribution in [2.45, 2.75) is 45.2 Å². The first-order valence-electron chi connectivity index (χ1n) is 8.16. The van der Waals surface area contributed by atoms with Gasteiger partial charge in [-0.3, -0.25) is 0 Å². The van der Waals surface area contributed by atoms with Crippen LogP contribution in [0.2, 0.25) is 11.6 Å². The van der Waals surface area contributed by atoms with E-state index in [2.05, 4.69) is 69.3 Å². The first kappa shape index (κ1) is 16.8. The second-order valence-corrected chi connectivity index (χ2v) is 9.53. The van der Waals surface area contributed by atoms with Crippen LogP contribution in [0, 0.1) is 6.92 Å². The van der Waals surface area contributed by atoms with Gasteiger partial charge in [-0.2, -0.15) is 0 Å². The summed E-state index contributed by atoms with van der Waals surface area (Å²) in [6, 6.07) is 19.0. The Labute approximate surface area is 136 Å². The lowest BCUT2D eigenvalue weighted by Crippen LogP contribution is -2.32. The molecule has 2 aromatic rings. The molecule has 0 aliphatic rings. The molecular weight excluding hydrogens is 284 g/mol. The van der Waals surface area contributed by atoms with Crippen molar-refractivity contribution < 1.29 is 4.74 Å². The van der Waals surface area contributed by atoms with Crippen molar-refractivity contribution in [1.82, 2.24) is 0 Å². The second-order valence-electron chi connectivity index (χ2n) is 6.25. The highest BCUT2D eigenvalue weighted by atomic mass is 28.3. The van der Waals surface area contributed by atoms with Gasteiger partial charge in [0.2, 0.25) is 0 Å². The number of aryl methyl sites for hydroxylation is 2. The quantitative estimate of drug-likeness (QED) is 0.671. The van der Waals surface area contributed by atoms with E-state index < -0.39 is 8.80 Å². The average Bonchev–Trinajstić information content (AvgIpc) is 2.53. The van der Waals surface area contributed by atoms with E-state index in [1.54, 1.807) is 7.11 Å². The fraction of sp³-hybridized carbons (Fsp3) is 0.400. The molecule has 0 amide bonds. The molecule has 0 saturated carbocycles. The molecule has 2 rings (SSSR count). The summed E-state index contributed by atoms with van der Waals surface area (Å²) >= 11 is 0. The number of benzene rings is 2. The molecule has 2 heteroatoms. The number of methoxy groups -OCH3 is 1. The molecule has 1 radical (unpaired) electrons. The molecule has 0 aliphatic carbocycles. The van der Waals surface area contributed by atoms with Gasteiger partial charge >= 0.3 is 0 Å². The van der Waals surface area contributed by atoms with Crippen molar-refractivity contribution in [3.63, 3.8) is 0 Å². The number of ether oxygens (including phenoxy) is 1. The molecule has 0 atom stereocenters. The summed E-state index contributed by atoms with van der Waals surface area (Å²) in [6.45, 7) is 6.88. The molecule has 2 aromatic carbocycles. The van der Waals surface area contributed by atoms with Gasteiger partial charge in [-0.1, -0.05) is 73.5 Å². The SMILES string of the molecule is COc1ccc([Si](CCCc2ccc(C)cc2)C(C)C)cc1. The van der Waals surface area contributed by atoms with Crippen LogP contribution >= 0.6 is 0 Å². The summed E-state index contributed by atoms with van der Waals surface area (Å²) in [6.07, 6.45) is 2.47. The second kappa shape index (κ2) is 8.18. The Morgan fingerprint density at radius 3 is 2.14 bits per heavy atom. The Morgan fingerprint density at radius 1 is 0.955 bits per heavy atom. The molecule has 0 saturated heterocycles. The molecule has 1 nitrogen and oxygen atoms in total. The average molecular weight is 312 g/mol. The highest BCUT2D eigenvalue weighted by molar-refractivity contribution is 6.74. The molecule has 0 N–H and O–H groups in total. The zero-order chi connectivity index (χ0) is 15.9. The maximum absolute atomic E-state index is 5.27. The Balaban J connectivity index is 1.95. The van der Waals surface area contributed by atoms with Crippen LogP contribution in [0.3, 0.4) is 0 Å². The van der Waals surface area contributed by atoms with Gasteiger partial charge < -0.3 is 4.74 Å². The predicted molar refractivity (Wildman–Crippen MR) is 97.8 cm³/mol. The molecule has 0 spiro atoms. The van der Waals surface area contributed by atoms with E-state index in [9.17, 15) is 0 Å². The zero-order valence-electron chi connectivity index (χ0n) is 14.2. The van der Waals surface area contributed by atoms with E-state index in [1.165, 1.54) is 35.2 Å². The molecule has 0 heterocycles. The van der Waals surface area contributed by atoms with Gasteiger partial charge in [0.1, 0.15) is 5.75 Å². The van der Waals surface area contributed by atoms with Crippen LogP contribution in [-0.4, -0.2) is 15.9 Å². The molecule has 0 unspecified atom stereocenters. The lowest BCUT2D eigenvalue weighted by Gasteiger charge is -2.19. The van der Waals surface area contributed by atoms with E-state index in [-0.39, 0.29) is 0 Å². The minimum atomic E-state index is -0.497. The summed E-state index contributed by atoms with van der Waals surface area (Å²) in [4.78, 5) is 0. The lowest BCUT2D eigenvalue weighted by atomic mass is 10.1. The van der Waals surface area contributed by atoms with Crippen LogP contribution in [0.4, 0.5) is 0 Å². The van der Waals surface area contributed by atoms with E-state index in [4.69, 9.17) is 4.74 Å².